The Morgan fingerprint density at radius 1 is 0.857 bits per heavy atom. The molecule has 0 N–H and O–H groups in total. The number of hydrogen-bond acceptors (Lipinski definition) is 0. The van der Waals surface area contributed by atoms with Gasteiger partial charge < -0.3 is 0 Å². The summed E-state index contributed by atoms with van der Waals surface area (Å²) in [5.41, 5.74) is 0. The third-order valence-corrected chi connectivity index (χ3v) is 4.20. The summed E-state index contributed by atoms with van der Waals surface area (Å²) in [5, 5.41) is 0. The zero-order valence-electron chi connectivity index (χ0n) is 10.9. The van der Waals surface area contributed by atoms with Crippen LogP contribution in [0.4, 0.5) is 0 Å². The van der Waals surface area contributed by atoms with Crippen molar-refractivity contribution in [2.75, 3.05) is 0 Å². The molecular formula is C14H28. The molecule has 0 spiro atoms. The molecule has 0 heteroatoms. The van der Waals surface area contributed by atoms with E-state index in [2.05, 4.69) is 41.2 Å². The zero-order valence-corrected chi connectivity index (χ0v) is 10.9. The first-order valence-electron chi connectivity index (χ1n) is 6.02. The monoisotopic (exact) mass is 196 g/mol. The Labute approximate surface area is 90.8 Å². The van der Waals surface area contributed by atoms with Gasteiger partial charge in [-0.1, -0.05) is 40.7 Å². The molecule has 1 aliphatic rings. The van der Waals surface area contributed by atoms with E-state index < -0.39 is 0 Å². The molecule has 4 unspecified atom stereocenters. The van der Waals surface area contributed by atoms with Crippen LogP contribution >= 0.6 is 0 Å². The molecule has 84 valence electrons. The standard InChI is InChI=1S/C11H22.C3H6/c1-7-6-8(2)10(4)11(5)9(7)3;1-3-2/h7-11H,6H2,1-5H3;3H,1H2,2H3. The maximum absolute atomic E-state index is 3.36. The normalized spacial score (nSPS) is 42.3. The molecule has 0 nitrogen and oxygen atoms in total. The summed E-state index contributed by atoms with van der Waals surface area (Å²) in [5.74, 6) is 4.67. The van der Waals surface area contributed by atoms with E-state index in [-0.39, 0.29) is 0 Å². The zero-order chi connectivity index (χ0) is 11.3. The van der Waals surface area contributed by atoms with Crippen LogP contribution in [-0.4, -0.2) is 0 Å². The number of rotatable bonds is 0. The Balaban J connectivity index is 0.000000500. The van der Waals surface area contributed by atoms with Gasteiger partial charge in [0.05, 0.1) is 0 Å². The van der Waals surface area contributed by atoms with Crippen LogP contribution in [-0.2, 0) is 0 Å². The predicted molar refractivity (Wildman–Crippen MR) is 66.3 cm³/mol. The molecule has 0 saturated heterocycles. The van der Waals surface area contributed by atoms with Crippen molar-refractivity contribution in [3.8, 4) is 0 Å². The molecule has 0 heterocycles. The van der Waals surface area contributed by atoms with Crippen LogP contribution in [0.2, 0.25) is 0 Å². The Bertz CT molecular complexity index is 145. The molecule has 0 radical (unpaired) electrons. The van der Waals surface area contributed by atoms with Gasteiger partial charge in [0.2, 0.25) is 0 Å². The molecule has 4 atom stereocenters. The molecule has 0 aromatic rings. The third kappa shape index (κ3) is 3.48. The molecule has 0 aromatic heterocycles. The van der Waals surface area contributed by atoms with E-state index in [0.29, 0.717) is 0 Å². The molecule has 0 aromatic carbocycles. The van der Waals surface area contributed by atoms with Gasteiger partial charge >= 0.3 is 0 Å². The van der Waals surface area contributed by atoms with Gasteiger partial charge in [-0.25, -0.2) is 0 Å². The van der Waals surface area contributed by atoms with Crippen LogP contribution < -0.4 is 0 Å². The van der Waals surface area contributed by atoms with E-state index >= 15 is 0 Å². The van der Waals surface area contributed by atoms with Crippen molar-refractivity contribution in [2.45, 2.75) is 48.0 Å². The Kier molecular flexibility index (Phi) is 6.15. The van der Waals surface area contributed by atoms with Gasteiger partial charge in [0.25, 0.3) is 0 Å². The van der Waals surface area contributed by atoms with Crippen molar-refractivity contribution in [3.63, 3.8) is 0 Å². The Morgan fingerprint density at radius 3 is 1.43 bits per heavy atom. The van der Waals surface area contributed by atoms with E-state index in [0.717, 1.165) is 29.6 Å². The Morgan fingerprint density at radius 2 is 1.14 bits per heavy atom. The van der Waals surface area contributed by atoms with Gasteiger partial charge in [-0.3, -0.25) is 0 Å². The summed E-state index contributed by atoms with van der Waals surface area (Å²) in [4.78, 5) is 0. The van der Waals surface area contributed by atoms with Crippen LogP contribution in [0, 0.1) is 29.6 Å². The molecule has 14 heavy (non-hydrogen) atoms. The average Bonchev–Trinajstić information content (AvgIpc) is 2.13. The van der Waals surface area contributed by atoms with Crippen LogP contribution in [0.1, 0.15) is 48.0 Å². The summed E-state index contributed by atoms with van der Waals surface area (Å²) < 4.78 is 0. The molecule has 1 rings (SSSR count). The molecule has 0 aliphatic heterocycles. The highest BCUT2D eigenvalue weighted by Gasteiger charge is 2.33. The largest absolute Gasteiger partial charge is 0.103 e. The second-order valence-electron chi connectivity index (χ2n) is 5.18. The molecule has 1 fully saturated rings. The van der Waals surface area contributed by atoms with Gasteiger partial charge in [0, 0.05) is 0 Å². The lowest BCUT2D eigenvalue weighted by Gasteiger charge is -2.41. The minimum absolute atomic E-state index is 0.925. The third-order valence-electron chi connectivity index (χ3n) is 4.20. The molecule has 0 amide bonds. The van der Waals surface area contributed by atoms with E-state index in [4.69, 9.17) is 0 Å². The van der Waals surface area contributed by atoms with Gasteiger partial charge in [-0.15, -0.1) is 6.58 Å². The topological polar surface area (TPSA) is 0 Å². The molecule has 1 saturated carbocycles. The second-order valence-corrected chi connectivity index (χ2v) is 5.18. The van der Waals surface area contributed by atoms with Crippen molar-refractivity contribution in [1.29, 1.82) is 0 Å². The lowest BCUT2D eigenvalue weighted by Crippen LogP contribution is -2.33. The van der Waals surface area contributed by atoms with Crippen molar-refractivity contribution in [2.24, 2.45) is 29.6 Å². The summed E-state index contributed by atoms with van der Waals surface area (Å²) >= 11 is 0. The average molecular weight is 196 g/mol. The maximum Gasteiger partial charge on any atom is -0.0386 e. The minimum atomic E-state index is 0.925. The fraction of sp³-hybridized carbons (Fsp3) is 0.857. The van der Waals surface area contributed by atoms with E-state index in [1.807, 2.05) is 6.92 Å². The number of allylic oxidation sites excluding steroid dienone is 1. The maximum atomic E-state index is 3.36. The molecule has 1 aliphatic carbocycles. The highest BCUT2D eigenvalue weighted by atomic mass is 14.4. The summed E-state index contributed by atoms with van der Waals surface area (Å²) in [6, 6.07) is 0. The minimum Gasteiger partial charge on any atom is -0.103 e. The quantitative estimate of drug-likeness (QED) is 0.490. The molecular weight excluding hydrogens is 168 g/mol. The van der Waals surface area contributed by atoms with Crippen LogP contribution in [0.25, 0.3) is 0 Å². The number of hydrogen-bond donors (Lipinski definition) is 0. The Hall–Kier alpha value is -0.260. The first-order chi connectivity index (χ1) is 6.45. The van der Waals surface area contributed by atoms with E-state index in [1.54, 1.807) is 6.08 Å². The van der Waals surface area contributed by atoms with Gasteiger partial charge in [0.15, 0.2) is 0 Å². The second kappa shape index (κ2) is 6.27. The molecule has 0 bridgehead atoms. The van der Waals surface area contributed by atoms with Crippen molar-refractivity contribution < 1.29 is 0 Å². The lowest BCUT2D eigenvalue weighted by atomic mass is 9.65. The van der Waals surface area contributed by atoms with Crippen molar-refractivity contribution in [1.82, 2.24) is 0 Å². The predicted octanol–water partition coefficient (Wildman–Crippen LogP) is 4.76. The van der Waals surface area contributed by atoms with E-state index in [9.17, 15) is 0 Å². The van der Waals surface area contributed by atoms with E-state index in [1.165, 1.54) is 6.42 Å². The summed E-state index contributed by atoms with van der Waals surface area (Å²) in [7, 11) is 0. The first-order valence-corrected chi connectivity index (χ1v) is 6.02. The fourth-order valence-corrected chi connectivity index (χ4v) is 2.53. The summed E-state index contributed by atoms with van der Waals surface area (Å²) in [6.45, 7) is 17.3. The van der Waals surface area contributed by atoms with Crippen molar-refractivity contribution >= 4 is 0 Å². The van der Waals surface area contributed by atoms with Crippen molar-refractivity contribution in [3.05, 3.63) is 12.7 Å². The van der Waals surface area contributed by atoms with Gasteiger partial charge in [-0.2, -0.15) is 0 Å². The van der Waals surface area contributed by atoms with Crippen LogP contribution in [0.15, 0.2) is 12.7 Å². The summed E-state index contributed by atoms with van der Waals surface area (Å²) in [6.07, 6.45) is 3.19. The smallest absolute Gasteiger partial charge is 0.0386 e. The fourth-order valence-electron chi connectivity index (χ4n) is 2.53. The van der Waals surface area contributed by atoms with Crippen LogP contribution in [0.5, 0.6) is 0 Å². The van der Waals surface area contributed by atoms with Gasteiger partial charge in [0.1, 0.15) is 0 Å². The SMILES string of the molecule is C=CC.CC1CC(C)C(C)C(C)C1C. The highest BCUT2D eigenvalue weighted by molar-refractivity contribution is 4.82. The lowest BCUT2D eigenvalue weighted by molar-refractivity contribution is 0.0855. The van der Waals surface area contributed by atoms with Crippen LogP contribution in [0.3, 0.4) is 0 Å². The first kappa shape index (κ1) is 13.7. The highest BCUT2D eigenvalue weighted by Crippen LogP contribution is 2.41. The van der Waals surface area contributed by atoms with Gasteiger partial charge in [-0.05, 0) is 42.9 Å².